The molecule has 10 heteroatoms. The zero-order valence-electron chi connectivity index (χ0n) is 14.4. The maximum absolute atomic E-state index is 13.0. The molecule has 8 nitrogen and oxygen atoms in total. The van der Waals surface area contributed by atoms with Gasteiger partial charge in [-0.15, -0.1) is 0 Å². The molecule has 3 N–H and O–H groups in total. The standard InChI is InChI=1S/C17H19ClN4O4S/c18-10-3-4-12-13(6-10)21-17(27-9-15(24)20-7-14(19)23)22(16(12)25)8-11-2-1-5-26-11/h3-4,6,11H,1-2,5,7-9H2,(H2,19,23)(H,20,24)/t11-/m0/s1. The van der Waals surface area contributed by atoms with Gasteiger partial charge in [0.15, 0.2) is 5.16 Å². The van der Waals surface area contributed by atoms with Crippen LogP contribution in [0.25, 0.3) is 10.9 Å². The summed E-state index contributed by atoms with van der Waals surface area (Å²) >= 11 is 7.13. The van der Waals surface area contributed by atoms with Crippen molar-refractivity contribution in [1.82, 2.24) is 14.9 Å². The monoisotopic (exact) mass is 410 g/mol. The fourth-order valence-corrected chi connectivity index (χ4v) is 3.81. The molecule has 1 fully saturated rings. The van der Waals surface area contributed by atoms with Gasteiger partial charge in [0.1, 0.15) is 0 Å². The molecule has 1 aliphatic rings. The van der Waals surface area contributed by atoms with Gasteiger partial charge in [-0.3, -0.25) is 19.0 Å². The summed E-state index contributed by atoms with van der Waals surface area (Å²) in [5, 5.41) is 3.74. The highest BCUT2D eigenvalue weighted by molar-refractivity contribution is 7.99. The number of nitrogens with two attached hydrogens (primary N) is 1. The molecule has 144 valence electrons. The Labute approximate surface area is 164 Å². The van der Waals surface area contributed by atoms with E-state index in [1.807, 2.05) is 0 Å². The average Bonchev–Trinajstić information content (AvgIpc) is 3.13. The molecule has 0 radical (unpaired) electrons. The number of carbonyl (C=O) groups excluding carboxylic acids is 2. The van der Waals surface area contributed by atoms with Gasteiger partial charge in [0, 0.05) is 11.6 Å². The number of primary amides is 1. The van der Waals surface area contributed by atoms with E-state index in [0.29, 0.717) is 34.2 Å². The highest BCUT2D eigenvalue weighted by Crippen LogP contribution is 2.22. The lowest BCUT2D eigenvalue weighted by molar-refractivity contribution is -0.123. The molecule has 1 saturated heterocycles. The van der Waals surface area contributed by atoms with Gasteiger partial charge in [0.05, 0.1) is 35.8 Å². The first-order valence-electron chi connectivity index (χ1n) is 8.43. The van der Waals surface area contributed by atoms with Crippen LogP contribution in [0.5, 0.6) is 0 Å². The van der Waals surface area contributed by atoms with Crippen molar-refractivity contribution in [2.45, 2.75) is 30.6 Å². The second-order valence-electron chi connectivity index (χ2n) is 6.14. The molecule has 3 rings (SSSR count). The van der Waals surface area contributed by atoms with Crippen LogP contribution in [0.15, 0.2) is 28.2 Å². The van der Waals surface area contributed by atoms with E-state index in [4.69, 9.17) is 22.1 Å². The number of amides is 2. The van der Waals surface area contributed by atoms with Crippen molar-refractivity contribution in [3.8, 4) is 0 Å². The van der Waals surface area contributed by atoms with Crippen molar-refractivity contribution in [3.63, 3.8) is 0 Å². The number of fused-ring (bicyclic) bond motifs is 1. The zero-order valence-corrected chi connectivity index (χ0v) is 16.0. The average molecular weight is 411 g/mol. The van der Waals surface area contributed by atoms with Gasteiger partial charge in [0.2, 0.25) is 11.8 Å². The summed E-state index contributed by atoms with van der Waals surface area (Å²) in [5.74, 6) is -0.998. The molecule has 1 atom stereocenters. The molecule has 0 unspecified atom stereocenters. The third kappa shape index (κ3) is 5.00. The first-order valence-corrected chi connectivity index (χ1v) is 9.80. The Morgan fingerprint density at radius 2 is 2.26 bits per heavy atom. The number of hydrogen-bond donors (Lipinski definition) is 2. The number of nitrogens with zero attached hydrogens (tertiary/aromatic N) is 2. The summed E-state index contributed by atoms with van der Waals surface area (Å²) in [5.41, 5.74) is 5.28. The summed E-state index contributed by atoms with van der Waals surface area (Å²) in [6, 6.07) is 4.91. The van der Waals surface area contributed by atoms with Crippen molar-refractivity contribution in [2.75, 3.05) is 18.9 Å². The van der Waals surface area contributed by atoms with Crippen LogP contribution in [0.3, 0.4) is 0 Å². The summed E-state index contributed by atoms with van der Waals surface area (Å²) in [6.07, 6.45) is 1.76. The van der Waals surface area contributed by atoms with Crippen LogP contribution in [-0.2, 0) is 20.9 Å². The van der Waals surface area contributed by atoms with Crippen molar-refractivity contribution in [1.29, 1.82) is 0 Å². The number of thioether (sulfide) groups is 1. The molecular formula is C17H19ClN4O4S. The topological polar surface area (TPSA) is 116 Å². The SMILES string of the molecule is NC(=O)CNC(=O)CSc1nc2cc(Cl)ccc2c(=O)n1C[C@@H]1CCCO1. The second kappa shape index (κ2) is 8.73. The third-order valence-corrected chi connectivity index (χ3v) is 5.30. The van der Waals surface area contributed by atoms with Gasteiger partial charge in [-0.05, 0) is 31.0 Å². The van der Waals surface area contributed by atoms with Crippen LogP contribution in [-0.4, -0.2) is 46.4 Å². The summed E-state index contributed by atoms with van der Waals surface area (Å²) in [6.45, 7) is 0.812. The third-order valence-electron chi connectivity index (χ3n) is 4.08. The number of nitrogens with one attached hydrogen (secondary N) is 1. The van der Waals surface area contributed by atoms with Crippen molar-refractivity contribution in [3.05, 3.63) is 33.6 Å². The molecule has 0 bridgehead atoms. The van der Waals surface area contributed by atoms with E-state index in [2.05, 4.69) is 10.3 Å². The van der Waals surface area contributed by atoms with Crippen LogP contribution in [0.2, 0.25) is 5.02 Å². The number of halogens is 1. The van der Waals surface area contributed by atoms with Gasteiger partial charge in [0.25, 0.3) is 5.56 Å². The van der Waals surface area contributed by atoms with E-state index >= 15 is 0 Å². The Morgan fingerprint density at radius 3 is 2.96 bits per heavy atom. The molecule has 2 aromatic rings. The van der Waals surface area contributed by atoms with Gasteiger partial charge in [-0.1, -0.05) is 23.4 Å². The van der Waals surface area contributed by atoms with Crippen molar-refractivity contribution < 1.29 is 14.3 Å². The fourth-order valence-electron chi connectivity index (χ4n) is 2.80. The number of rotatable bonds is 7. The van der Waals surface area contributed by atoms with Crippen LogP contribution >= 0.6 is 23.4 Å². The lowest BCUT2D eigenvalue weighted by Crippen LogP contribution is -2.34. The van der Waals surface area contributed by atoms with E-state index < -0.39 is 5.91 Å². The maximum atomic E-state index is 13.0. The Bertz CT molecular complexity index is 927. The lowest BCUT2D eigenvalue weighted by atomic mass is 10.2. The van der Waals surface area contributed by atoms with Crippen molar-refractivity contribution in [2.24, 2.45) is 5.73 Å². The molecule has 1 aromatic heterocycles. The Kier molecular flexibility index (Phi) is 6.35. The molecule has 0 aliphatic carbocycles. The Hall–Kier alpha value is -2.10. The van der Waals surface area contributed by atoms with Crippen LogP contribution in [0.4, 0.5) is 0 Å². The normalized spacial score (nSPS) is 16.6. The van der Waals surface area contributed by atoms with E-state index in [-0.39, 0.29) is 29.9 Å². The number of aromatic nitrogens is 2. The smallest absolute Gasteiger partial charge is 0.262 e. The lowest BCUT2D eigenvalue weighted by Gasteiger charge is -2.16. The molecule has 1 aromatic carbocycles. The molecular weight excluding hydrogens is 392 g/mol. The van der Waals surface area contributed by atoms with Crippen LogP contribution in [0.1, 0.15) is 12.8 Å². The minimum absolute atomic E-state index is 0.00266. The predicted molar refractivity (Wildman–Crippen MR) is 103 cm³/mol. The first kappa shape index (κ1) is 19.7. The van der Waals surface area contributed by atoms with Crippen molar-refractivity contribution >= 4 is 46.1 Å². The number of benzene rings is 1. The summed E-state index contributed by atoms with van der Waals surface area (Å²) < 4.78 is 7.18. The number of ether oxygens (including phenoxy) is 1. The van der Waals surface area contributed by atoms with E-state index in [9.17, 15) is 14.4 Å². The van der Waals surface area contributed by atoms with Gasteiger partial charge < -0.3 is 15.8 Å². The number of carbonyl (C=O) groups is 2. The molecule has 2 amide bonds. The second-order valence-corrected chi connectivity index (χ2v) is 7.52. The fraction of sp³-hybridized carbons (Fsp3) is 0.412. The highest BCUT2D eigenvalue weighted by atomic mass is 35.5. The van der Waals surface area contributed by atoms with Gasteiger partial charge >= 0.3 is 0 Å². The van der Waals surface area contributed by atoms with E-state index in [1.54, 1.807) is 18.2 Å². The molecule has 27 heavy (non-hydrogen) atoms. The highest BCUT2D eigenvalue weighted by Gasteiger charge is 2.21. The molecule has 0 spiro atoms. The Balaban J connectivity index is 1.88. The predicted octanol–water partition coefficient (Wildman–Crippen LogP) is 0.922. The van der Waals surface area contributed by atoms with Crippen LogP contribution < -0.4 is 16.6 Å². The molecule has 1 aliphatic heterocycles. The van der Waals surface area contributed by atoms with E-state index in [0.717, 1.165) is 24.6 Å². The van der Waals surface area contributed by atoms with Gasteiger partial charge in [-0.25, -0.2) is 4.98 Å². The van der Waals surface area contributed by atoms with Crippen LogP contribution in [0, 0.1) is 0 Å². The minimum Gasteiger partial charge on any atom is -0.376 e. The Morgan fingerprint density at radius 1 is 1.44 bits per heavy atom. The largest absolute Gasteiger partial charge is 0.376 e. The van der Waals surface area contributed by atoms with Gasteiger partial charge in [-0.2, -0.15) is 0 Å². The summed E-state index contributed by atoms with van der Waals surface area (Å²) in [7, 11) is 0. The number of hydrogen-bond acceptors (Lipinski definition) is 6. The zero-order chi connectivity index (χ0) is 19.4. The molecule has 0 saturated carbocycles. The molecule has 2 heterocycles. The first-order chi connectivity index (χ1) is 12.9. The maximum Gasteiger partial charge on any atom is 0.262 e. The summed E-state index contributed by atoms with van der Waals surface area (Å²) in [4.78, 5) is 40.1. The quantitative estimate of drug-likeness (QED) is 0.518. The minimum atomic E-state index is -0.623. The van der Waals surface area contributed by atoms with E-state index in [1.165, 1.54) is 4.57 Å².